The molecule has 1 fully saturated rings. The minimum Gasteiger partial charge on any atom is -0.469 e. The molecule has 3 rings (SSSR count). The van der Waals surface area contributed by atoms with Gasteiger partial charge in [-0.25, -0.2) is 0 Å². The van der Waals surface area contributed by atoms with Gasteiger partial charge in [-0.15, -0.1) is 0 Å². The lowest BCUT2D eigenvalue weighted by molar-refractivity contribution is -0.141. The average molecular weight is 310 g/mol. The monoisotopic (exact) mass is 310 g/mol. The molecule has 0 aliphatic carbocycles. The van der Waals surface area contributed by atoms with E-state index in [2.05, 4.69) is 46.6 Å². The van der Waals surface area contributed by atoms with Crippen molar-refractivity contribution in [3.63, 3.8) is 0 Å². The van der Waals surface area contributed by atoms with Gasteiger partial charge in [-0.05, 0) is 23.3 Å². The fraction of sp³-hybridized carbons (Fsp3) is 0.316. The summed E-state index contributed by atoms with van der Waals surface area (Å²) in [5.41, 5.74) is 3.57. The summed E-state index contributed by atoms with van der Waals surface area (Å²) in [6.45, 7) is 2.62. The molecular formula is C19H22N2O2. The maximum Gasteiger partial charge on any atom is 0.307 e. The van der Waals surface area contributed by atoms with Gasteiger partial charge in [0.2, 0.25) is 0 Å². The van der Waals surface area contributed by atoms with E-state index in [1.807, 2.05) is 18.2 Å². The molecule has 1 atom stereocenters. The Labute approximate surface area is 137 Å². The van der Waals surface area contributed by atoms with E-state index in [-0.39, 0.29) is 12.0 Å². The predicted octanol–water partition coefficient (Wildman–Crippen LogP) is 2.69. The van der Waals surface area contributed by atoms with Crippen molar-refractivity contribution in [3.8, 4) is 11.1 Å². The van der Waals surface area contributed by atoms with E-state index in [0.29, 0.717) is 6.42 Å². The van der Waals surface area contributed by atoms with Crippen LogP contribution < -0.4 is 10.2 Å². The smallest absolute Gasteiger partial charge is 0.307 e. The topological polar surface area (TPSA) is 41.6 Å². The fourth-order valence-corrected chi connectivity index (χ4v) is 3.03. The second-order valence-electron chi connectivity index (χ2n) is 5.74. The zero-order valence-corrected chi connectivity index (χ0v) is 13.4. The number of benzene rings is 2. The summed E-state index contributed by atoms with van der Waals surface area (Å²) in [7, 11) is 1.44. The van der Waals surface area contributed by atoms with Crippen molar-refractivity contribution in [2.75, 3.05) is 31.6 Å². The summed E-state index contributed by atoms with van der Waals surface area (Å²) in [5.74, 6) is -0.162. The molecule has 2 aromatic rings. The lowest BCUT2D eigenvalue weighted by Crippen LogP contribution is -2.52. The Bertz CT molecular complexity index is 640. The van der Waals surface area contributed by atoms with Crippen LogP contribution in [0, 0.1) is 0 Å². The summed E-state index contributed by atoms with van der Waals surface area (Å²) in [5, 5.41) is 3.35. The highest BCUT2D eigenvalue weighted by atomic mass is 16.5. The maximum absolute atomic E-state index is 11.6. The van der Waals surface area contributed by atoms with Crippen LogP contribution in [0.15, 0.2) is 54.6 Å². The van der Waals surface area contributed by atoms with E-state index in [4.69, 9.17) is 4.74 Å². The number of hydrogen-bond donors (Lipinski definition) is 1. The molecule has 1 saturated heterocycles. The summed E-state index contributed by atoms with van der Waals surface area (Å²) in [4.78, 5) is 13.9. The number of carbonyl (C=O) groups is 1. The molecule has 23 heavy (non-hydrogen) atoms. The second-order valence-corrected chi connectivity index (χ2v) is 5.74. The molecule has 2 aromatic carbocycles. The molecule has 1 unspecified atom stereocenters. The second kappa shape index (κ2) is 7.29. The maximum atomic E-state index is 11.6. The number of carbonyl (C=O) groups excluding carboxylic acids is 1. The van der Waals surface area contributed by atoms with Gasteiger partial charge in [-0.3, -0.25) is 4.79 Å². The van der Waals surface area contributed by atoms with Crippen molar-refractivity contribution in [1.29, 1.82) is 0 Å². The molecule has 0 amide bonds. The lowest BCUT2D eigenvalue weighted by Gasteiger charge is -2.37. The van der Waals surface area contributed by atoms with Crippen molar-refractivity contribution in [3.05, 3.63) is 54.6 Å². The molecule has 1 aliphatic heterocycles. The third-order valence-electron chi connectivity index (χ3n) is 4.29. The minimum atomic E-state index is -0.162. The van der Waals surface area contributed by atoms with Crippen LogP contribution in [0.4, 0.5) is 5.69 Å². The van der Waals surface area contributed by atoms with Crippen molar-refractivity contribution in [2.24, 2.45) is 0 Å². The number of nitrogens with zero attached hydrogens (tertiary/aromatic N) is 1. The van der Waals surface area contributed by atoms with Crippen molar-refractivity contribution in [1.82, 2.24) is 5.32 Å². The standard InChI is InChI=1S/C19H22N2O2/c1-23-19(22)13-18-14-20-11-12-21(18)17-9-7-16(8-10-17)15-5-3-2-4-6-15/h2-10,18,20H,11-14H2,1H3. The molecule has 120 valence electrons. The van der Waals surface area contributed by atoms with Gasteiger partial charge in [-0.1, -0.05) is 42.5 Å². The van der Waals surface area contributed by atoms with Gasteiger partial charge in [0.1, 0.15) is 0 Å². The van der Waals surface area contributed by atoms with E-state index in [1.165, 1.54) is 18.2 Å². The van der Waals surface area contributed by atoms with E-state index in [1.54, 1.807) is 0 Å². The van der Waals surface area contributed by atoms with E-state index < -0.39 is 0 Å². The fourth-order valence-electron chi connectivity index (χ4n) is 3.03. The number of ether oxygens (including phenoxy) is 1. The highest BCUT2D eigenvalue weighted by Gasteiger charge is 2.25. The minimum absolute atomic E-state index is 0.138. The number of esters is 1. The first kappa shape index (κ1) is 15.6. The number of methoxy groups -OCH3 is 1. The first-order chi connectivity index (χ1) is 11.3. The normalized spacial score (nSPS) is 17.8. The number of anilines is 1. The van der Waals surface area contributed by atoms with Gasteiger partial charge in [0.25, 0.3) is 0 Å². The molecule has 0 radical (unpaired) electrons. The number of piperazine rings is 1. The summed E-state index contributed by atoms with van der Waals surface area (Å²) in [6.07, 6.45) is 0.407. The van der Waals surface area contributed by atoms with Gasteiger partial charge >= 0.3 is 5.97 Å². The summed E-state index contributed by atoms with van der Waals surface area (Å²) < 4.78 is 4.82. The average Bonchev–Trinajstić information content (AvgIpc) is 2.63. The van der Waals surface area contributed by atoms with Gasteiger partial charge in [-0.2, -0.15) is 0 Å². The molecule has 1 aliphatic rings. The molecule has 0 bridgehead atoms. The van der Waals surface area contributed by atoms with Crippen molar-refractivity contribution >= 4 is 11.7 Å². The van der Waals surface area contributed by atoms with Gasteiger partial charge in [0, 0.05) is 25.3 Å². The lowest BCUT2D eigenvalue weighted by atomic mass is 10.0. The van der Waals surface area contributed by atoms with Gasteiger partial charge in [0.05, 0.1) is 19.6 Å². The molecular weight excluding hydrogens is 288 g/mol. The first-order valence-electron chi connectivity index (χ1n) is 7.97. The Kier molecular flexibility index (Phi) is 4.93. The quantitative estimate of drug-likeness (QED) is 0.882. The van der Waals surface area contributed by atoms with Crippen molar-refractivity contribution < 1.29 is 9.53 Å². The Morgan fingerprint density at radius 1 is 1.13 bits per heavy atom. The molecule has 4 nitrogen and oxygen atoms in total. The summed E-state index contributed by atoms with van der Waals surface area (Å²) >= 11 is 0. The van der Waals surface area contributed by atoms with Crippen LogP contribution in [0.5, 0.6) is 0 Å². The zero-order valence-electron chi connectivity index (χ0n) is 13.4. The first-order valence-corrected chi connectivity index (χ1v) is 7.97. The van der Waals surface area contributed by atoms with E-state index in [9.17, 15) is 4.79 Å². The van der Waals surface area contributed by atoms with E-state index in [0.717, 1.165) is 25.3 Å². The molecule has 0 spiro atoms. The highest BCUT2D eigenvalue weighted by Crippen LogP contribution is 2.25. The number of nitrogens with one attached hydrogen (secondary N) is 1. The van der Waals surface area contributed by atoms with Crippen molar-refractivity contribution in [2.45, 2.75) is 12.5 Å². The number of rotatable bonds is 4. The Morgan fingerprint density at radius 2 is 1.83 bits per heavy atom. The largest absolute Gasteiger partial charge is 0.469 e. The zero-order chi connectivity index (χ0) is 16.1. The molecule has 0 aromatic heterocycles. The van der Waals surface area contributed by atoms with Crippen LogP contribution in [-0.4, -0.2) is 38.8 Å². The third kappa shape index (κ3) is 3.71. The van der Waals surface area contributed by atoms with Crippen LogP contribution in [0.2, 0.25) is 0 Å². The van der Waals surface area contributed by atoms with Crippen LogP contribution in [0.25, 0.3) is 11.1 Å². The van der Waals surface area contributed by atoms with Crippen LogP contribution in [-0.2, 0) is 9.53 Å². The van der Waals surface area contributed by atoms with Gasteiger partial charge in [0.15, 0.2) is 0 Å². The molecule has 1 N–H and O–H groups in total. The van der Waals surface area contributed by atoms with Crippen LogP contribution in [0.3, 0.4) is 0 Å². The van der Waals surface area contributed by atoms with Gasteiger partial charge < -0.3 is 15.0 Å². The molecule has 4 heteroatoms. The molecule has 1 heterocycles. The highest BCUT2D eigenvalue weighted by molar-refractivity contribution is 5.71. The third-order valence-corrected chi connectivity index (χ3v) is 4.29. The predicted molar refractivity (Wildman–Crippen MR) is 92.5 cm³/mol. The Hall–Kier alpha value is -2.33. The molecule has 0 saturated carbocycles. The summed E-state index contributed by atoms with van der Waals surface area (Å²) in [6, 6.07) is 19.0. The number of hydrogen-bond acceptors (Lipinski definition) is 4. The SMILES string of the molecule is COC(=O)CC1CNCCN1c1ccc(-c2ccccc2)cc1. The Morgan fingerprint density at radius 3 is 2.52 bits per heavy atom. The van der Waals surface area contributed by atoms with Crippen LogP contribution >= 0.6 is 0 Å². The van der Waals surface area contributed by atoms with E-state index >= 15 is 0 Å². The Balaban J connectivity index is 1.78. The van der Waals surface area contributed by atoms with Crippen LogP contribution in [0.1, 0.15) is 6.42 Å².